The summed E-state index contributed by atoms with van der Waals surface area (Å²) in [5.74, 6) is 0.553. The number of amides is 1. The molecule has 0 unspecified atom stereocenters. The molecule has 3 aliphatic rings. The third-order valence-corrected chi connectivity index (χ3v) is 5.39. The Morgan fingerprint density at radius 3 is 2.86 bits per heavy atom. The molecule has 5 nitrogen and oxygen atoms in total. The predicted molar refractivity (Wildman–Crippen MR) is 80.6 cm³/mol. The molecule has 3 saturated heterocycles. The molecule has 0 aromatic carbocycles. The minimum atomic E-state index is 0.00574. The van der Waals surface area contributed by atoms with Crippen molar-refractivity contribution in [3.8, 4) is 0 Å². The van der Waals surface area contributed by atoms with Gasteiger partial charge in [0.15, 0.2) is 0 Å². The van der Waals surface area contributed by atoms with Crippen LogP contribution in [0.15, 0.2) is 34.4 Å². The van der Waals surface area contributed by atoms with E-state index in [-0.39, 0.29) is 11.9 Å². The van der Waals surface area contributed by atoms with Gasteiger partial charge in [-0.3, -0.25) is 9.69 Å². The molecule has 6 heteroatoms. The lowest BCUT2D eigenvalue weighted by Gasteiger charge is -2.47. The quantitative estimate of drug-likeness (QED) is 0.874. The third kappa shape index (κ3) is 2.28. The molecule has 5 heterocycles. The molecular formula is C15H17N3O2S. The number of carbonyl (C=O) groups excluding carboxylic acids is 1. The monoisotopic (exact) mass is 303 g/mol. The van der Waals surface area contributed by atoms with Crippen LogP contribution in [0.5, 0.6) is 0 Å². The maximum absolute atomic E-state index is 12.9. The third-order valence-electron chi connectivity index (χ3n) is 4.53. The normalized spacial score (nSPS) is 27.7. The molecule has 0 saturated carbocycles. The Bertz CT molecular complexity index is 603. The summed E-state index contributed by atoms with van der Waals surface area (Å²) in [6.45, 7) is 3.21. The number of hydrogen-bond donors (Lipinski definition) is 0. The zero-order chi connectivity index (χ0) is 14.2. The van der Waals surface area contributed by atoms with Gasteiger partial charge in [0.25, 0.3) is 5.91 Å². The zero-order valence-electron chi connectivity index (χ0n) is 11.6. The van der Waals surface area contributed by atoms with Crippen LogP contribution in [0.25, 0.3) is 0 Å². The molecule has 3 fully saturated rings. The Balaban J connectivity index is 1.69. The van der Waals surface area contributed by atoms with Gasteiger partial charge in [-0.2, -0.15) is 0 Å². The summed E-state index contributed by atoms with van der Waals surface area (Å²) >= 11 is 1.47. The van der Waals surface area contributed by atoms with E-state index >= 15 is 0 Å². The van der Waals surface area contributed by atoms with E-state index in [1.54, 1.807) is 11.1 Å². The Morgan fingerprint density at radius 2 is 2.29 bits per heavy atom. The first-order chi connectivity index (χ1) is 10.3. The average molecular weight is 303 g/mol. The van der Waals surface area contributed by atoms with E-state index in [2.05, 4.69) is 9.88 Å². The van der Waals surface area contributed by atoms with Gasteiger partial charge in [0.05, 0.1) is 17.1 Å². The number of anilines is 1. The summed E-state index contributed by atoms with van der Waals surface area (Å²) in [5, 5.41) is 1.93. The Kier molecular flexibility index (Phi) is 3.27. The lowest BCUT2D eigenvalue weighted by Crippen LogP contribution is -2.59. The highest BCUT2D eigenvalue weighted by Gasteiger charge is 2.41. The van der Waals surface area contributed by atoms with Crippen molar-refractivity contribution in [2.45, 2.75) is 18.9 Å². The van der Waals surface area contributed by atoms with Crippen molar-refractivity contribution in [1.29, 1.82) is 0 Å². The van der Waals surface area contributed by atoms with Crippen LogP contribution in [-0.4, -0.2) is 41.5 Å². The second-order valence-electron chi connectivity index (χ2n) is 5.67. The molecule has 2 aromatic heterocycles. The van der Waals surface area contributed by atoms with Gasteiger partial charge in [-0.15, -0.1) is 11.3 Å². The lowest BCUT2D eigenvalue weighted by atomic mass is 9.83. The maximum atomic E-state index is 12.9. The summed E-state index contributed by atoms with van der Waals surface area (Å²) in [7, 11) is 0. The van der Waals surface area contributed by atoms with Gasteiger partial charge in [-0.05, 0) is 43.3 Å². The molecule has 1 amide bonds. The van der Waals surface area contributed by atoms with Crippen LogP contribution in [0.3, 0.4) is 0 Å². The van der Waals surface area contributed by atoms with Crippen LogP contribution in [0, 0.1) is 5.92 Å². The summed E-state index contributed by atoms with van der Waals surface area (Å²) in [4.78, 5) is 22.1. The van der Waals surface area contributed by atoms with Crippen LogP contribution < -0.4 is 4.90 Å². The molecule has 0 aliphatic carbocycles. The first kappa shape index (κ1) is 13.0. The van der Waals surface area contributed by atoms with E-state index in [1.807, 2.05) is 17.5 Å². The highest BCUT2D eigenvalue weighted by atomic mass is 32.1. The fourth-order valence-electron chi connectivity index (χ4n) is 3.46. The van der Waals surface area contributed by atoms with E-state index < -0.39 is 0 Å². The summed E-state index contributed by atoms with van der Waals surface area (Å²) in [5.41, 5.74) is 0. The molecule has 5 rings (SSSR count). The van der Waals surface area contributed by atoms with E-state index in [9.17, 15) is 4.79 Å². The predicted octanol–water partition coefficient (Wildman–Crippen LogP) is 2.48. The van der Waals surface area contributed by atoms with Crippen molar-refractivity contribution < 1.29 is 9.21 Å². The number of hydrogen-bond acceptors (Lipinski definition) is 5. The number of nitrogens with zero attached hydrogens (tertiary/aromatic N) is 3. The second-order valence-corrected chi connectivity index (χ2v) is 6.62. The van der Waals surface area contributed by atoms with E-state index in [0.717, 1.165) is 37.4 Å². The summed E-state index contributed by atoms with van der Waals surface area (Å²) < 4.78 is 5.46. The molecule has 21 heavy (non-hydrogen) atoms. The van der Waals surface area contributed by atoms with Crippen molar-refractivity contribution in [3.05, 3.63) is 34.8 Å². The SMILES string of the molecule is O=C(c1cccs1)N(c1ncco1)[C@H]1CN2CCC1CC2. The highest BCUT2D eigenvalue weighted by molar-refractivity contribution is 7.12. The van der Waals surface area contributed by atoms with Crippen LogP contribution in [-0.2, 0) is 0 Å². The smallest absolute Gasteiger partial charge is 0.304 e. The minimum absolute atomic E-state index is 0.00574. The average Bonchev–Trinajstić information content (AvgIpc) is 3.22. The number of piperidine rings is 3. The Labute approximate surface area is 127 Å². The van der Waals surface area contributed by atoms with E-state index in [1.165, 1.54) is 17.6 Å². The fraction of sp³-hybridized carbons (Fsp3) is 0.467. The van der Waals surface area contributed by atoms with Crippen LogP contribution in [0.4, 0.5) is 6.01 Å². The van der Waals surface area contributed by atoms with Gasteiger partial charge >= 0.3 is 6.01 Å². The standard InChI is InChI=1S/C15H17N3O2S/c19-14(13-2-1-9-21-13)18(15-16-5-8-20-15)12-10-17-6-3-11(12)4-7-17/h1-2,5,8-9,11-12H,3-4,6-7,10H2/t12-/m0/s1. The first-order valence-electron chi connectivity index (χ1n) is 7.32. The van der Waals surface area contributed by atoms with Crippen LogP contribution in [0.2, 0.25) is 0 Å². The van der Waals surface area contributed by atoms with Crippen molar-refractivity contribution in [2.75, 3.05) is 24.5 Å². The molecule has 2 aromatic rings. The number of fused-ring (bicyclic) bond motifs is 3. The Morgan fingerprint density at radius 1 is 1.43 bits per heavy atom. The molecular weight excluding hydrogens is 286 g/mol. The van der Waals surface area contributed by atoms with E-state index in [0.29, 0.717) is 11.9 Å². The summed E-state index contributed by atoms with van der Waals surface area (Å²) in [6, 6.07) is 4.36. The molecule has 0 radical (unpaired) electrons. The van der Waals surface area contributed by atoms with Crippen molar-refractivity contribution in [2.24, 2.45) is 5.92 Å². The molecule has 110 valence electrons. The molecule has 0 N–H and O–H groups in total. The topological polar surface area (TPSA) is 49.6 Å². The number of carbonyl (C=O) groups is 1. The van der Waals surface area contributed by atoms with Gasteiger partial charge in [0.2, 0.25) is 0 Å². The van der Waals surface area contributed by atoms with Gasteiger partial charge < -0.3 is 9.32 Å². The lowest BCUT2D eigenvalue weighted by molar-refractivity contribution is 0.0718. The van der Waals surface area contributed by atoms with Crippen LogP contribution in [0.1, 0.15) is 22.5 Å². The largest absolute Gasteiger partial charge is 0.432 e. The van der Waals surface area contributed by atoms with Gasteiger partial charge in [0, 0.05) is 6.54 Å². The molecule has 1 atom stereocenters. The summed E-state index contributed by atoms with van der Waals surface area (Å²) in [6.07, 6.45) is 5.44. The number of thiophene rings is 1. The zero-order valence-corrected chi connectivity index (χ0v) is 12.5. The second kappa shape index (κ2) is 5.27. The fourth-order valence-corrected chi connectivity index (χ4v) is 4.12. The maximum Gasteiger partial charge on any atom is 0.304 e. The van der Waals surface area contributed by atoms with Crippen molar-refractivity contribution in [3.63, 3.8) is 0 Å². The van der Waals surface area contributed by atoms with E-state index in [4.69, 9.17) is 4.42 Å². The molecule has 0 spiro atoms. The van der Waals surface area contributed by atoms with Crippen molar-refractivity contribution in [1.82, 2.24) is 9.88 Å². The number of aromatic nitrogens is 1. The number of rotatable bonds is 3. The highest BCUT2D eigenvalue weighted by Crippen LogP contribution is 2.34. The molecule has 3 aliphatic heterocycles. The van der Waals surface area contributed by atoms with Crippen LogP contribution >= 0.6 is 11.3 Å². The van der Waals surface area contributed by atoms with Gasteiger partial charge in [0.1, 0.15) is 6.26 Å². The number of oxazole rings is 1. The minimum Gasteiger partial charge on any atom is -0.432 e. The molecule has 2 bridgehead atoms. The van der Waals surface area contributed by atoms with Gasteiger partial charge in [-0.1, -0.05) is 6.07 Å². The van der Waals surface area contributed by atoms with Gasteiger partial charge in [-0.25, -0.2) is 4.98 Å². The van der Waals surface area contributed by atoms with Crippen molar-refractivity contribution >= 4 is 23.3 Å². The first-order valence-corrected chi connectivity index (χ1v) is 8.20. The Hall–Kier alpha value is -1.66.